The molecule has 0 saturated carbocycles. The summed E-state index contributed by atoms with van der Waals surface area (Å²) in [5.41, 5.74) is -0.483. The summed E-state index contributed by atoms with van der Waals surface area (Å²) < 4.78 is 12.6. The molecule has 0 aromatic heterocycles. The Balaban J connectivity index is 3.20. The number of ether oxygens (including phenoxy) is 2. The van der Waals surface area contributed by atoms with Crippen molar-refractivity contribution in [3.8, 4) is 0 Å². The molecule has 5 atom stereocenters. The van der Waals surface area contributed by atoms with E-state index >= 15 is 0 Å². The minimum Gasteiger partial charge on any atom is -0.457 e. The molecule has 0 bridgehead atoms. The first-order chi connectivity index (χ1) is 11.6. The van der Waals surface area contributed by atoms with Crippen LogP contribution in [0.25, 0.3) is 0 Å². The van der Waals surface area contributed by atoms with Crippen molar-refractivity contribution in [3.63, 3.8) is 0 Å². The molecule has 1 aliphatic rings. The topological polar surface area (TPSA) is 93.1 Å². The highest BCUT2D eigenvalue weighted by atomic mass is 127. The maximum absolute atomic E-state index is 12.1. The number of halogens is 1. The Bertz CT molecular complexity index is 540. The molecule has 25 heavy (non-hydrogen) atoms. The molecule has 1 aliphatic heterocycles. The van der Waals surface area contributed by atoms with Gasteiger partial charge in [-0.2, -0.15) is 0 Å². The molecular weight excluding hydrogens is 439 g/mol. The third-order valence-corrected chi connectivity index (χ3v) is 5.22. The van der Waals surface area contributed by atoms with E-state index in [2.05, 4.69) is 22.6 Å². The van der Waals surface area contributed by atoms with Crippen LogP contribution in [0.1, 0.15) is 47.0 Å². The van der Waals surface area contributed by atoms with E-state index in [1.54, 1.807) is 19.1 Å². The highest BCUT2D eigenvalue weighted by Gasteiger charge is 2.34. The fourth-order valence-corrected chi connectivity index (χ4v) is 3.05. The number of aliphatic hydroxyl groups excluding tert-OH is 1. The standard InChI is InChI=1S/C18H27IO6/c1-11-5-6-15(24-13(3)20)18(4,23)8-7-14(21)9-16(22)25-17(11)12(2)10-19/h5-6,10-11,14-15,17,21,23H,7-9H2,1-4H3/b6-5+,12-10+/t11-,14-,15-,17-,18+/m0/s1. The molecule has 0 spiro atoms. The van der Waals surface area contributed by atoms with Crippen molar-refractivity contribution in [2.45, 2.75) is 70.9 Å². The van der Waals surface area contributed by atoms with E-state index in [-0.39, 0.29) is 25.2 Å². The highest BCUT2D eigenvalue weighted by Crippen LogP contribution is 2.27. The number of hydrogen-bond donors (Lipinski definition) is 2. The van der Waals surface area contributed by atoms with E-state index in [0.717, 1.165) is 5.57 Å². The van der Waals surface area contributed by atoms with Crippen LogP contribution in [0.15, 0.2) is 21.8 Å². The van der Waals surface area contributed by atoms with Gasteiger partial charge in [0.05, 0.1) is 12.5 Å². The molecule has 6 nitrogen and oxygen atoms in total. The fraction of sp³-hybridized carbons (Fsp3) is 0.667. The van der Waals surface area contributed by atoms with E-state index in [0.29, 0.717) is 0 Å². The predicted molar refractivity (Wildman–Crippen MR) is 102 cm³/mol. The van der Waals surface area contributed by atoms with E-state index in [1.807, 2.05) is 17.9 Å². The van der Waals surface area contributed by atoms with Gasteiger partial charge in [0.15, 0.2) is 0 Å². The van der Waals surface area contributed by atoms with Crippen molar-refractivity contribution in [3.05, 3.63) is 21.8 Å². The van der Waals surface area contributed by atoms with Crippen LogP contribution in [0, 0.1) is 5.92 Å². The quantitative estimate of drug-likeness (QED) is 0.370. The summed E-state index contributed by atoms with van der Waals surface area (Å²) in [5.74, 6) is -1.17. The first-order valence-corrected chi connectivity index (χ1v) is 9.53. The van der Waals surface area contributed by atoms with Gasteiger partial charge in [0.1, 0.15) is 17.8 Å². The van der Waals surface area contributed by atoms with Gasteiger partial charge >= 0.3 is 11.9 Å². The molecule has 2 N–H and O–H groups in total. The van der Waals surface area contributed by atoms with Crippen LogP contribution in [0.3, 0.4) is 0 Å². The maximum atomic E-state index is 12.1. The van der Waals surface area contributed by atoms with Gasteiger partial charge in [0.2, 0.25) is 0 Å². The third-order valence-electron chi connectivity index (χ3n) is 4.24. The number of hydrogen-bond acceptors (Lipinski definition) is 6. The molecule has 0 aromatic carbocycles. The molecule has 0 fully saturated rings. The van der Waals surface area contributed by atoms with Crippen LogP contribution >= 0.6 is 22.6 Å². The molecular formula is C18H27IO6. The summed E-state index contributed by atoms with van der Waals surface area (Å²) in [7, 11) is 0. The molecule has 7 heteroatoms. The zero-order valence-electron chi connectivity index (χ0n) is 15.1. The summed E-state index contributed by atoms with van der Waals surface area (Å²) in [5, 5.41) is 20.7. The lowest BCUT2D eigenvalue weighted by Crippen LogP contribution is -2.42. The number of carbonyl (C=O) groups excluding carboxylic acids is 2. The van der Waals surface area contributed by atoms with E-state index in [1.165, 1.54) is 6.92 Å². The Kier molecular flexibility index (Phi) is 8.56. The second-order valence-corrected chi connectivity index (χ2v) is 7.41. The summed E-state index contributed by atoms with van der Waals surface area (Å²) >= 11 is 2.08. The van der Waals surface area contributed by atoms with E-state index in [4.69, 9.17) is 9.47 Å². The Labute approximate surface area is 162 Å². The van der Waals surface area contributed by atoms with Crippen LogP contribution < -0.4 is 0 Å². The Morgan fingerprint density at radius 1 is 1.44 bits per heavy atom. The predicted octanol–water partition coefficient (Wildman–Crippen LogP) is 2.66. The average Bonchev–Trinajstić information content (AvgIpc) is 2.52. The zero-order valence-corrected chi connectivity index (χ0v) is 17.2. The van der Waals surface area contributed by atoms with Crippen molar-refractivity contribution in [2.75, 3.05) is 0 Å². The number of aliphatic hydroxyl groups is 2. The summed E-state index contributed by atoms with van der Waals surface area (Å²) in [6, 6.07) is 0. The molecule has 1 rings (SSSR count). The van der Waals surface area contributed by atoms with Gasteiger partial charge in [-0.15, -0.1) is 0 Å². The van der Waals surface area contributed by atoms with Gasteiger partial charge < -0.3 is 19.7 Å². The lowest BCUT2D eigenvalue weighted by molar-refractivity contribution is -0.157. The Morgan fingerprint density at radius 3 is 2.64 bits per heavy atom. The lowest BCUT2D eigenvalue weighted by Gasteiger charge is -2.32. The monoisotopic (exact) mass is 466 g/mol. The number of esters is 2. The molecule has 0 unspecified atom stereocenters. The molecule has 0 aromatic rings. The molecule has 0 radical (unpaired) electrons. The van der Waals surface area contributed by atoms with Crippen LogP contribution in [-0.2, 0) is 19.1 Å². The van der Waals surface area contributed by atoms with Gasteiger partial charge in [-0.25, -0.2) is 0 Å². The van der Waals surface area contributed by atoms with Crippen molar-refractivity contribution in [1.82, 2.24) is 0 Å². The second kappa shape index (κ2) is 9.68. The Morgan fingerprint density at radius 2 is 2.08 bits per heavy atom. The first kappa shape index (κ1) is 22.1. The summed E-state index contributed by atoms with van der Waals surface area (Å²) in [6.07, 6.45) is 1.36. The van der Waals surface area contributed by atoms with Crippen molar-refractivity contribution >= 4 is 34.5 Å². The molecule has 142 valence electrons. The van der Waals surface area contributed by atoms with E-state index in [9.17, 15) is 19.8 Å². The lowest BCUT2D eigenvalue weighted by atomic mass is 9.89. The van der Waals surface area contributed by atoms with Crippen LogP contribution in [-0.4, -0.2) is 46.1 Å². The largest absolute Gasteiger partial charge is 0.457 e. The van der Waals surface area contributed by atoms with E-state index < -0.39 is 35.9 Å². The van der Waals surface area contributed by atoms with Crippen molar-refractivity contribution in [1.29, 1.82) is 0 Å². The Hall–Kier alpha value is -0.930. The highest BCUT2D eigenvalue weighted by molar-refractivity contribution is 14.1. The van der Waals surface area contributed by atoms with Crippen molar-refractivity contribution < 1.29 is 29.3 Å². The molecule has 1 heterocycles. The van der Waals surface area contributed by atoms with Crippen LogP contribution in [0.2, 0.25) is 0 Å². The number of rotatable bonds is 2. The normalized spacial score (nSPS) is 36.6. The van der Waals surface area contributed by atoms with Crippen LogP contribution in [0.5, 0.6) is 0 Å². The van der Waals surface area contributed by atoms with Gasteiger partial charge in [-0.05, 0) is 42.4 Å². The van der Waals surface area contributed by atoms with Crippen molar-refractivity contribution in [2.24, 2.45) is 5.92 Å². The maximum Gasteiger partial charge on any atom is 0.309 e. The van der Waals surface area contributed by atoms with Gasteiger partial charge in [0.25, 0.3) is 0 Å². The SMILES string of the molecule is CC(=O)O[C@H]1/C=C/[C@H](C)[C@@H](/C(C)=C/I)OC(=O)C[C@@H](O)CC[C@@]1(C)O. The zero-order chi connectivity index (χ0) is 19.2. The first-order valence-electron chi connectivity index (χ1n) is 8.29. The fourth-order valence-electron chi connectivity index (χ4n) is 2.69. The molecule has 0 amide bonds. The summed E-state index contributed by atoms with van der Waals surface area (Å²) in [6.45, 7) is 6.57. The van der Waals surface area contributed by atoms with Crippen LogP contribution in [0.4, 0.5) is 0 Å². The minimum absolute atomic E-state index is 0.143. The number of cyclic esters (lactones) is 1. The third kappa shape index (κ3) is 7.07. The number of carbonyl (C=O) groups is 2. The van der Waals surface area contributed by atoms with Gasteiger partial charge in [0, 0.05) is 12.8 Å². The van der Waals surface area contributed by atoms with Gasteiger partial charge in [-0.1, -0.05) is 35.6 Å². The average molecular weight is 466 g/mol. The second-order valence-electron chi connectivity index (χ2n) is 6.79. The minimum atomic E-state index is -1.35. The smallest absolute Gasteiger partial charge is 0.309 e. The molecule has 0 aliphatic carbocycles. The molecule has 0 saturated heterocycles. The van der Waals surface area contributed by atoms with Gasteiger partial charge in [-0.3, -0.25) is 9.59 Å². The summed E-state index contributed by atoms with van der Waals surface area (Å²) in [4.78, 5) is 23.5.